The van der Waals surface area contributed by atoms with Crippen LogP contribution >= 0.6 is 39.1 Å². The average Bonchev–Trinajstić information content (AvgIpc) is 2.34. The van der Waals surface area contributed by atoms with Crippen LogP contribution in [0.3, 0.4) is 0 Å². The largest absolute Gasteiger partial charge is 0.204 e. The van der Waals surface area contributed by atoms with Gasteiger partial charge in [0.25, 0.3) is 0 Å². The first kappa shape index (κ1) is 13.8. The van der Waals surface area contributed by atoms with Crippen molar-refractivity contribution in [3.63, 3.8) is 0 Å². The molecule has 0 fully saturated rings. The van der Waals surface area contributed by atoms with E-state index in [4.69, 9.17) is 23.2 Å². The highest BCUT2D eigenvalue weighted by Gasteiger charge is 2.17. The first-order chi connectivity index (χ1) is 8.49. The number of hydrogen-bond donors (Lipinski definition) is 0. The van der Waals surface area contributed by atoms with Crippen LogP contribution < -0.4 is 0 Å². The van der Waals surface area contributed by atoms with Gasteiger partial charge in [0.2, 0.25) is 0 Å². The van der Waals surface area contributed by atoms with E-state index < -0.39 is 17.0 Å². The molecule has 0 N–H and O–H groups in total. The number of benzene rings is 2. The van der Waals surface area contributed by atoms with Gasteiger partial charge in [-0.3, -0.25) is 0 Å². The molecule has 0 heterocycles. The van der Waals surface area contributed by atoms with E-state index in [0.29, 0.717) is 5.56 Å². The van der Waals surface area contributed by atoms with E-state index in [0.717, 1.165) is 22.2 Å². The molecule has 0 amide bonds. The molecule has 0 aliphatic heterocycles. The topological polar surface area (TPSA) is 0 Å². The minimum absolute atomic E-state index is 0.108. The lowest BCUT2D eigenvalue weighted by molar-refractivity contribution is 0.507. The second-order valence-corrected chi connectivity index (χ2v) is 5.46. The van der Waals surface area contributed by atoms with Crippen molar-refractivity contribution in [3.8, 4) is 0 Å². The van der Waals surface area contributed by atoms with Crippen molar-refractivity contribution in [2.45, 2.75) is 5.38 Å². The Morgan fingerprint density at radius 1 is 1.00 bits per heavy atom. The van der Waals surface area contributed by atoms with Gasteiger partial charge in [0.15, 0.2) is 11.6 Å². The van der Waals surface area contributed by atoms with Crippen LogP contribution in [-0.4, -0.2) is 0 Å². The van der Waals surface area contributed by atoms with E-state index in [1.807, 2.05) is 12.1 Å². The summed E-state index contributed by atoms with van der Waals surface area (Å²) >= 11 is 15.4. The van der Waals surface area contributed by atoms with Gasteiger partial charge in [-0.1, -0.05) is 39.7 Å². The van der Waals surface area contributed by atoms with Crippen molar-refractivity contribution in [2.75, 3.05) is 0 Å². The van der Waals surface area contributed by atoms with Gasteiger partial charge in [-0.25, -0.2) is 8.78 Å². The van der Waals surface area contributed by atoms with Crippen molar-refractivity contribution in [2.24, 2.45) is 0 Å². The molecule has 0 nitrogen and oxygen atoms in total. The molecule has 18 heavy (non-hydrogen) atoms. The summed E-state index contributed by atoms with van der Waals surface area (Å²) in [4.78, 5) is 0. The highest BCUT2D eigenvalue weighted by atomic mass is 79.9. The summed E-state index contributed by atoms with van der Waals surface area (Å²) < 4.78 is 27.1. The Morgan fingerprint density at radius 2 is 1.56 bits per heavy atom. The molecule has 2 rings (SSSR count). The predicted molar refractivity (Wildman–Crippen MR) is 73.2 cm³/mol. The van der Waals surface area contributed by atoms with Crippen molar-refractivity contribution >= 4 is 39.1 Å². The van der Waals surface area contributed by atoms with E-state index in [2.05, 4.69) is 15.9 Å². The van der Waals surface area contributed by atoms with Crippen molar-refractivity contribution in [3.05, 3.63) is 68.7 Å². The summed E-state index contributed by atoms with van der Waals surface area (Å²) in [6.07, 6.45) is 0. The van der Waals surface area contributed by atoms with Crippen LogP contribution in [0.2, 0.25) is 5.02 Å². The number of rotatable bonds is 2. The van der Waals surface area contributed by atoms with E-state index in [-0.39, 0.29) is 5.02 Å². The van der Waals surface area contributed by atoms with E-state index in [1.54, 1.807) is 12.1 Å². The second-order valence-electron chi connectivity index (χ2n) is 3.70. The van der Waals surface area contributed by atoms with Crippen LogP contribution in [0.25, 0.3) is 0 Å². The maximum Gasteiger partial charge on any atom is 0.160 e. The highest BCUT2D eigenvalue weighted by molar-refractivity contribution is 9.10. The normalized spacial score (nSPS) is 12.5. The molecule has 0 spiro atoms. The molecule has 2 aromatic rings. The fourth-order valence-corrected chi connectivity index (χ4v) is 2.45. The van der Waals surface area contributed by atoms with Crippen LogP contribution in [0, 0.1) is 11.6 Å². The molecule has 2 aromatic carbocycles. The van der Waals surface area contributed by atoms with Gasteiger partial charge in [0, 0.05) is 9.50 Å². The Labute approximate surface area is 122 Å². The molecule has 1 atom stereocenters. The van der Waals surface area contributed by atoms with Gasteiger partial charge < -0.3 is 0 Å². The average molecular weight is 352 g/mol. The van der Waals surface area contributed by atoms with Gasteiger partial charge >= 0.3 is 0 Å². The minimum Gasteiger partial charge on any atom is -0.204 e. The lowest BCUT2D eigenvalue weighted by Crippen LogP contribution is -1.97. The standard InChI is InChI=1S/C13H7BrCl2F2/c14-8-3-1-7(2-4-8)13(16)9-5-11(17)12(18)6-10(9)15/h1-6,13H. The zero-order chi connectivity index (χ0) is 13.3. The molecule has 0 aromatic heterocycles. The van der Waals surface area contributed by atoms with Gasteiger partial charge in [-0.2, -0.15) is 0 Å². The third-order valence-corrected chi connectivity index (χ3v) is 3.82. The Balaban J connectivity index is 2.42. The molecular weight excluding hydrogens is 345 g/mol. The maximum atomic E-state index is 13.2. The zero-order valence-electron chi connectivity index (χ0n) is 8.93. The quantitative estimate of drug-likeness (QED) is 0.480. The summed E-state index contributed by atoms with van der Waals surface area (Å²) in [5.41, 5.74) is 1.10. The molecule has 0 bridgehead atoms. The van der Waals surface area contributed by atoms with Gasteiger partial charge in [-0.15, -0.1) is 11.6 Å². The first-order valence-electron chi connectivity index (χ1n) is 5.03. The maximum absolute atomic E-state index is 13.2. The van der Waals surface area contributed by atoms with Gasteiger partial charge in [0.05, 0.1) is 5.38 Å². The van der Waals surface area contributed by atoms with Crippen molar-refractivity contribution in [1.29, 1.82) is 0 Å². The van der Waals surface area contributed by atoms with Crippen LogP contribution in [-0.2, 0) is 0 Å². The molecule has 0 aliphatic rings. The number of halogens is 5. The van der Waals surface area contributed by atoms with E-state index in [1.165, 1.54) is 0 Å². The molecule has 0 saturated carbocycles. The molecular formula is C13H7BrCl2F2. The molecule has 5 heteroatoms. The summed E-state index contributed by atoms with van der Waals surface area (Å²) in [6.45, 7) is 0. The first-order valence-corrected chi connectivity index (χ1v) is 6.63. The van der Waals surface area contributed by atoms with Crippen LogP contribution in [0.15, 0.2) is 40.9 Å². The Morgan fingerprint density at radius 3 is 2.17 bits per heavy atom. The lowest BCUT2D eigenvalue weighted by atomic mass is 10.0. The fraction of sp³-hybridized carbons (Fsp3) is 0.0769. The predicted octanol–water partition coefficient (Wildman–Crippen LogP) is 5.71. The number of alkyl halides is 1. The third-order valence-electron chi connectivity index (χ3n) is 2.48. The minimum atomic E-state index is -0.983. The third kappa shape index (κ3) is 2.85. The fourth-order valence-electron chi connectivity index (χ4n) is 1.54. The molecule has 0 aliphatic carbocycles. The highest BCUT2D eigenvalue weighted by Crippen LogP contribution is 2.35. The Bertz CT molecular complexity index is 570. The van der Waals surface area contributed by atoms with Crippen molar-refractivity contribution in [1.82, 2.24) is 0 Å². The van der Waals surface area contributed by atoms with Crippen LogP contribution in [0.4, 0.5) is 8.78 Å². The SMILES string of the molecule is Fc1cc(Cl)c(C(Cl)c2ccc(Br)cc2)cc1F. The van der Waals surface area contributed by atoms with Gasteiger partial charge in [0.1, 0.15) is 0 Å². The summed E-state index contributed by atoms with van der Waals surface area (Å²) in [6, 6.07) is 9.17. The Hall–Kier alpha value is -0.640. The van der Waals surface area contributed by atoms with Crippen LogP contribution in [0.5, 0.6) is 0 Å². The smallest absolute Gasteiger partial charge is 0.160 e. The van der Waals surface area contributed by atoms with E-state index >= 15 is 0 Å². The number of hydrogen-bond acceptors (Lipinski definition) is 0. The van der Waals surface area contributed by atoms with Crippen LogP contribution in [0.1, 0.15) is 16.5 Å². The summed E-state index contributed by atoms with van der Waals surface area (Å²) in [5, 5.41) is -0.516. The molecule has 0 radical (unpaired) electrons. The van der Waals surface area contributed by atoms with E-state index in [9.17, 15) is 8.78 Å². The molecule has 94 valence electrons. The lowest BCUT2D eigenvalue weighted by Gasteiger charge is -2.12. The van der Waals surface area contributed by atoms with Crippen molar-refractivity contribution < 1.29 is 8.78 Å². The van der Waals surface area contributed by atoms with Gasteiger partial charge in [-0.05, 0) is 35.4 Å². The summed E-state index contributed by atoms with van der Waals surface area (Å²) in [7, 11) is 0. The Kier molecular flexibility index (Phi) is 4.25. The zero-order valence-corrected chi connectivity index (χ0v) is 12.0. The summed E-state index contributed by atoms with van der Waals surface area (Å²) in [5.74, 6) is -1.94. The molecule has 0 saturated heterocycles. The monoisotopic (exact) mass is 350 g/mol. The molecule has 1 unspecified atom stereocenters. The second kappa shape index (κ2) is 5.55.